The molecular weight excluding hydrogens is 178 g/mol. The molecule has 1 rings (SSSR count). The molecule has 0 aliphatic heterocycles. The number of aliphatic hydroxyl groups is 1. The first-order valence-corrected chi connectivity index (χ1v) is 5.53. The molecule has 1 N–H and O–H groups in total. The Hall–Kier alpha value is -0.410. The van der Waals surface area contributed by atoms with Gasteiger partial charge in [0.05, 0.1) is 6.10 Å². The van der Waals surface area contributed by atoms with Crippen molar-refractivity contribution in [3.05, 3.63) is 0 Å². The topological polar surface area (TPSA) is 40.5 Å². The molecule has 3 nitrogen and oxygen atoms in total. The van der Waals surface area contributed by atoms with Crippen LogP contribution in [-0.2, 0) is 4.79 Å². The van der Waals surface area contributed by atoms with Gasteiger partial charge in [-0.25, -0.2) is 0 Å². The lowest BCUT2D eigenvalue weighted by Gasteiger charge is -2.31. The second kappa shape index (κ2) is 5.47. The zero-order valence-electron chi connectivity index (χ0n) is 9.20. The van der Waals surface area contributed by atoms with Gasteiger partial charge in [-0.05, 0) is 26.3 Å². The number of Topliss-reactive ketones (excluding diaryl/α,β-unsaturated/α-hetero) is 1. The van der Waals surface area contributed by atoms with Crippen LogP contribution in [0.2, 0.25) is 0 Å². The minimum absolute atomic E-state index is 0.224. The normalized spacial score (nSPS) is 21.6. The molecule has 3 heteroatoms. The molecule has 0 heterocycles. The van der Waals surface area contributed by atoms with Crippen molar-refractivity contribution in [3.8, 4) is 0 Å². The summed E-state index contributed by atoms with van der Waals surface area (Å²) in [5, 5.41) is 9.50. The zero-order valence-corrected chi connectivity index (χ0v) is 9.20. The van der Waals surface area contributed by atoms with Crippen LogP contribution in [-0.4, -0.2) is 41.5 Å². The number of hydrogen-bond donors (Lipinski definition) is 1. The monoisotopic (exact) mass is 199 g/mol. The molecule has 1 aliphatic rings. The van der Waals surface area contributed by atoms with Gasteiger partial charge in [-0.1, -0.05) is 6.92 Å². The molecule has 0 saturated heterocycles. The first-order chi connectivity index (χ1) is 6.63. The van der Waals surface area contributed by atoms with Gasteiger partial charge < -0.3 is 10.0 Å². The number of likely N-dealkylation sites (N-methyl/N-ethyl adjacent to an activating group) is 1. The first-order valence-electron chi connectivity index (χ1n) is 5.53. The van der Waals surface area contributed by atoms with E-state index >= 15 is 0 Å². The summed E-state index contributed by atoms with van der Waals surface area (Å²) in [7, 11) is 2.04. The number of aliphatic hydroxyl groups excluding tert-OH is 1. The van der Waals surface area contributed by atoms with Crippen LogP contribution in [0.15, 0.2) is 0 Å². The van der Waals surface area contributed by atoms with E-state index in [0.717, 1.165) is 38.6 Å². The van der Waals surface area contributed by atoms with Crippen LogP contribution < -0.4 is 0 Å². The van der Waals surface area contributed by atoms with E-state index in [9.17, 15) is 9.90 Å². The van der Waals surface area contributed by atoms with Gasteiger partial charge in [-0.2, -0.15) is 0 Å². The Morgan fingerprint density at radius 2 is 2.07 bits per heavy atom. The van der Waals surface area contributed by atoms with E-state index in [-0.39, 0.29) is 6.10 Å². The van der Waals surface area contributed by atoms with Gasteiger partial charge in [0, 0.05) is 25.4 Å². The molecule has 1 fully saturated rings. The van der Waals surface area contributed by atoms with Crippen molar-refractivity contribution >= 4 is 5.78 Å². The molecule has 0 radical (unpaired) electrons. The minimum atomic E-state index is -0.224. The highest BCUT2D eigenvalue weighted by Gasteiger charge is 2.22. The van der Waals surface area contributed by atoms with E-state index in [1.165, 1.54) is 0 Å². The lowest BCUT2D eigenvalue weighted by Crippen LogP contribution is -2.39. The van der Waals surface area contributed by atoms with Crippen LogP contribution in [0.1, 0.15) is 39.0 Å². The van der Waals surface area contributed by atoms with Crippen LogP contribution in [0.25, 0.3) is 0 Å². The van der Waals surface area contributed by atoms with Crippen LogP contribution in [0.5, 0.6) is 0 Å². The van der Waals surface area contributed by atoms with Gasteiger partial charge >= 0.3 is 0 Å². The summed E-state index contributed by atoms with van der Waals surface area (Å²) in [4.78, 5) is 13.2. The molecule has 1 saturated carbocycles. The molecule has 1 unspecified atom stereocenters. The lowest BCUT2D eigenvalue weighted by molar-refractivity contribution is -0.121. The Morgan fingerprint density at radius 1 is 1.50 bits per heavy atom. The molecule has 0 spiro atoms. The van der Waals surface area contributed by atoms with E-state index in [1.807, 2.05) is 14.0 Å². The number of hydrogen-bond acceptors (Lipinski definition) is 3. The Labute approximate surface area is 86.1 Å². The fourth-order valence-corrected chi connectivity index (χ4v) is 1.98. The van der Waals surface area contributed by atoms with Gasteiger partial charge in [-0.3, -0.25) is 4.79 Å². The van der Waals surface area contributed by atoms with Gasteiger partial charge in [0.2, 0.25) is 0 Å². The standard InChI is InChI=1S/C11H21NO2/c1-3-10(13)8-12(2)9-4-6-11(14)7-5-9/h9-10,13H,3-8H2,1-2H3. The fraction of sp³-hybridized carbons (Fsp3) is 0.909. The average Bonchev–Trinajstić information content (AvgIpc) is 2.18. The minimum Gasteiger partial charge on any atom is -0.392 e. The molecule has 82 valence electrons. The Kier molecular flexibility index (Phi) is 4.55. The van der Waals surface area contributed by atoms with Gasteiger partial charge in [0.1, 0.15) is 5.78 Å². The number of rotatable bonds is 4. The lowest BCUT2D eigenvalue weighted by atomic mass is 9.93. The van der Waals surface area contributed by atoms with Crippen LogP contribution in [0.3, 0.4) is 0 Å². The van der Waals surface area contributed by atoms with E-state index in [4.69, 9.17) is 0 Å². The Bertz CT molecular complexity index is 184. The number of nitrogens with zero attached hydrogens (tertiary/aromatic N) is 1. The van der Waals surface area contributed by atoms with Gasteiger partial charge in [0.15, 0.2) is 0 Å². The largest absolute Gasteiger partial charge is 0.392 e. The second-order valence-corrected chi connectivity index (χ2v) is 4.27. The molecule has 0 aromatic rings. The van der Waals surface area contributed by atoms with E-state index in [1.54, 1.807) is 0 Å². The second-order valence-electron chi connectivity index (χ2n) is 4.27. The Balaban J connectivity index is 2.30. The van der Waals surface area contributed by atoms with Crippen molar-refractivity contribution in [2.75, 3.05) is 13.6 Å². The summed E-state index contributed by atoms with van der Waals surface area (Å²) >= 11 is 0. The maximum Gasteiger partial charge on any atom is 0.133 e. The van der Waals surface area contributed by atoms with Gasteiger partial charge in [-0.15, -0.1) is 0 Å². The highest BCUT2D eigenvalue weighted by atomic mass is 16.3. The smallest absolute Gasteiger partial charge is 0.133 e. The summed E-state index contributed by atoms with van der Waals surface area (Å²) < 4.78 is 0. The molecular formula is C11H21NO2. The first kappa shape index (κ1) is 11.7. The van der Waals surface area contributed by atoms with Crippen LogP contribution in [0.4, 0.5) is 0 Å². The van der Waals surface area contributed by atoms with Crippen molar-refractivity contribution in [1.29, 1.82) is 0 Å². The third kappa shape index (κ3) is 3.39. The summed E-state index contributed by atoms with van der Waals surface area (Å²) in [6, 6.07) is 0.494. The highest BCUT2D eigenvalue weighted by Crippen LogP contribution is 2.19. The third-order valence-electron chi connectivity index (χ3n) is 3.11. The molecule has 0 aromatic heterocycles. The molecule has 0 aromatic carbocycles. The van der Waals surface area contributed by atoms with E-state index in [0.29, 0.717) is 11.8 Å². The molecule has 14 heavy (non-hydrogen) atoms. The number of carbonyl (C=O) groups is 1. The molecule has 1 aliphatic carbocycles. The maximum absolute atomic E-state index is 11.0. The molecule has 0 amide bonds. The van der Waals surface area contributed by atoms with Crippen LogP contribution >= 0.6 is 0 Å². The van der Waals surface area contributed by atoms with E-state index < -0.39 is 0 Å². The number of ketones is 1. The highest BCUT2D eigenvalue weighted by molar-refractivity contribution is 5.79. The average molecular weight is 199 g/mol. The summed E-state index contributed by atoms with van der Waals surface area (Å²) in [6.45, 7) is 2.72. The quantitative estimate of drug-likeness (QED) is 0.739. The summed E-state index contributed by atoms with van der Waals surface area (Å²) in [5.41, 5.74) is 0. The molecule has 0 bridgehead atoms. The van der Waals surface area contributed by atoms with Crippen molar-refractivity contribution < 1.29 is 9.90 Å². The maximum atomic E-state index is 11.0. The molecule has 1 atom stereocenters. The third-order valence-corrected chi connectivity index (χ3v) is 3.11. The SMILES string of the molecule is CCC(O)CN(C)C1CCC(=O)CC1. The zero-order chi connectivity index (χ0) is 10.6. The summed E-state index contributed by atoms with van der Waals surface area (Å²) in [5.74, 6) is 0.394. The predicted molar refractivity (Wildman–Crippen MR) is 56.2 cm³/mol. The van der Waals surface area contributed by atoms with Crippen molar-refractivity contribution in [1.82, 2.24) is 4.90 Å². The number of carbonyl (C=O) groups excluding carboxylic acids is 1. The van der Waals surface area contributed by atoms with E-state index in [2.05, 4.69) is 4.90 Å². The Morgan fingerprint density at radius 3 is 2.57 bits per heavy atom. The van der Waals surface area contributed by atoms with Crippen LogP contribution in [0, 0.1) is 0 Å². The van der Waals surface area contributed by atoms with Crippen molar-refractivity contribution in [2.24, 2.45) is 0 Å². The summed E-state index contributed by atoms with van der Waals surface area (Å²) in [6.07, 6.45) is 3.94. The van der Waals surface area contributed by atoms with Crippen molar-refractivity contribution in [2.45, 2.75) is 51.2 Å². The predicted octanol–water partition coefficient (Wildman–Crippen LogP) is 1.20. The van der Waals surface area contributed by atoms with Crippen molar-refractivity contribution in [3.63, 3.8) is 0 Å². The fourth-order valence-electron chi connectivity index (χ4n) is 1.98. The van der Waals surface area contributed by atoms with Gasteiger partial charge in [0.25, 0.3) is 0 Å².